The number of carbonyl (C=O) groups excluding carboxylic acids is 1. The van der Waals surface area contributed by atoms with Gasteiger partial charge in [-0.3, -0.25) is 4.79 Å². The van der Waals surface area contributed by atoms with E-state index in [1.807, 2.05) is 12.1 Å². The van der Waals surface area contributed by atoms with Gasteiger partial charge >= 0.3 is 0 Å². The summed E-state index contributed by atoms with van der Waals surface area (Å²) in [7, 11) is 3.19. The van der Waals surface area contributed by atoms with Crippen LogP contribution in [0.25, 0.3) is 0 Å². The third kappa shape index (κ3) is 4.37. The molecule has 1 fully saturated rings. The topological polar surface area (TPSA) is 52.0 Å². The Morgan fingerprint density at radius 1 is 1.23 bits per heavy atom. The third-order valence-electron chi connectivity index (χ3n) is 4.17. The van der Waals surface area contributed by atoms with E-state index in [1.54, 1.807) is 20.3 Å². The van der Waals surface area contributed by atoms with Crippen LogP contribution in [0.15, 0.2) is 18.2 Å². The highest BCUT2D eigenvalue weighted by Gasteiger charge is 2.26. The zero-order valence-electron chi connectivity index (χ0n) is 13.9. The van der Waals surface area contributed by atoms with E-state index < -0.39 is 0 Å². The summed E-state index contributed by atoms with van der Waals surface area (Å²) in [5.41, 5.74) is 0.686. The fourth-order valence-corrected chi connectivity index (χ4v) is 3.39. The van der Waals surface area contributed by atoms with Crippen molar-refractivity contribution < 1.29 is 19.2 Å². The Labute approximate surface area is 132 Å². The van der Waals surface area contributed by atoms with Crippen molar-refractivity contribution in [2.75, 3.05) is 39.2 Å². The minimum absolute atomic E-state index is 0.0276. The molecule has 2 atom stereocenters. The smallest absolute Gasteiger partial charge is 0.279 e. The largest absolute Gasteiger partial charge is 0.497 e. The van der Waals surface area contributed by atoms with Crippen LogP contribution in [0.3, 0.4) is 0 Å². The highest BCUT2D eigenvalue weighted by molar-refractivity contribution is 5.93. The summed E-state index contributed by atoms with van der Waals surface area (Å²) in [5.74, 6) is 2.71. The molecule has 122 valence electrons. The van der Waals surface area contributed by atoms with E-state index >= 15 is 0 Å². The number of amides is 1. The minimum atomic E-state index is 0.0276. The first-order valence-electron chi connectivity index (χ1n) is 7.87. The predicted molar refractivity (Wildman–Crippen MR) is 86.7 cm³/mol. The van der Waals surface area contributed by atoms with Gasteiger partial charge < -0.3 is 19.7 Å². The van der Waals surface area contributed by atoms with E-state index in [9.17, 15) is 4.79 Å². The van der Waals surface area contributed by atoms with E-state index in [2.05, 4.69) is 19.2 Å². The number of hydrogen-bond donors (Lipinski definition) is 2. The van der Waals surface area contributed by atoms with Crippen LogP contribution >= 0.6 is 0 Å². The zero-order valence-corrected chi connectivity index (χ0v) is 13.9. The summed E-state index contributed by atoms with van der Waals surface area (Å²) in [6, 6.07) is 5.40. The lowest BCUT2D eigenvalue weighted by atomic mass is 9.92. The van der Waals surface area contributed by atoms with Gasteiger partial charge in [-0.15, -0.1) is 0 Å². The van der Waals surface area contributed by atoms with Crippen LogP contribution in [0.2, 0.25) is 0 Å². The molecule has 1 saturated heterocycles. The average molecular weight is 307 g/mol. The number of hydrogen-bond acceptors (Lipinski definition) is 3. The number of rotatable bonds is 5. The Kier molecular flexibility index (Phi) is 5.66. The Bertz CT molecular complexity index is 509. The molecule has 1 aliphatic heterocycles. The van der Waals surface area contributed by atoms with Gasteiger partial charge in [0.1, 0.15) is 11.5 Å². The summed E-state index contributed by atoms with van der Waals surface area (Å²) < 4.78 is 10.5. The number of quaternary nitrogens is 1. The van der Waals surface area contributed by atoms with Crippen LogP contribution in [0, 0.1) is 11.8 Å². The van der Waals surface area contributed by atoms with Crippen molar-refractivity contribution in [2.24, 2.45) is 11.8 Å². The highest BCUT2D eigenvalue weighted by Crippen LogP contribution is 2.28. The first-order chi connectivity index (χ1) is 10.5. The fraction of sp³-hybridized carbons (Fsp3) is 0.588. The second-order valence-corrected chi connectivity index (χ2v) is 6.40. The molecule has 0 aliphatic carbocycles. The maximum Gasteiger partial charge on any atom is 0.279 e. The summed E-state index contributed by atoms with van der Waals surface area (Å²) in [6.07, 6.45) is 1.26. The second kappa shape index (κ2) is 7.49. The molecule has 0 spiro atoms. The van der Waals surface area contributed by atoms with Crippen molar-refractivity contribution in [3.8, 4) is 11.5 Å². The van der Waals surface area contributed by atoms with Gasteiger partial charge in [0.2, 0.25) is 0 Å². The van der Waals surface area contributed by atoms with Crippen molar-refractivity contribution in [3.05, 3.63) is 18.2 Å². The second-order valence-electron chi connectivity index (χ2n) is 6.40. The molecule has 2 rings (SSSR count). The maximum atomic E-state index is 12.3. The Morgan fingerprint density at radius 2 is 1.91 bits per heavy atom. The average Bonchev–Trinajstić information content (AvgIpc) is 2.46. The van der Waals surface area contributed by atoms with Crippen molar-refractivity contribution in [1.82, 2.24) is 0 Å². The van der Waals surface area contributed by atoms with Crippen LogP contribution in [0.1, 0.15) is 20.3 Å². The lowest BCUT2D eigenvalue weighted by molar-refractivity contribution is -0.904. The SMILES string of the molecule is COc1ccc(NC(=O)C[NH+]2C[C@H](C)C[C@@H](C)C2)c(OC)c1. The maximum absolute atomic E-state index is 12.3. The molecule has 1 aromatic rings. The molecule has 0 radical (unpaired) electrons. The van der Waals surface area contributed by atoms with E-state index in [0.717, 1.165) is 13.1 Å². The molecule has 2 N–H and O–H groups in total. The van der Waals surface area contributed by atoms with Crippen molar-refractivity contribution in [2.45, 2.75) is 20.3 Å². The van der Waals surface area contributed by atoms with Crippen molar-refractivity contribution in [3.63, 3.8) is 0 Å². The molecular weight excluding hydrogens is 280 g/mol. The van der Waals surface area contributed by atoms with Crippen molar-refractivity contribution >= 4 is 11.6 Å². The number of anilines is 1. The van der Waals surface area contributed by atoms with Gasteiger partial charge in [-0.1, -0.05) is 13.8 Å². The first-order valence-corrected chi connectivity index (χ1v) is 7.87. The Hall–Kier alpha value is -1.75. The summed E-state index contributed by atoms with van der Waals surface area (Å²) in [4.78, 5) is 13.7. The number of methoxy groups -OCH3 is 2. The van der Waals surface area contributed by atoms with E-state index in [-0.39, 0.29) is 5.91 Å². The number of ether oxygens (including phenoxy) is 2. The number of likely N-dealkylation sites (tertiary alicyclic amines) is 1. The van der Waals surface area contributed by atoms with Gasteiger partial charge in [0.15, 0.2) is 6.54 Å². The lowest BCUT2D eigenvalue weighted by Gasteiger charge is -2.31. The molecule has 0 aromatic heterocycles. The molecule has 1 heterocycles. The molecule has 5 nitrogen and oxygen atoms in total. The molecule has 1 amide bonds. The fourth-order valence-electron chi connectivity index (χ4n) is 3.39. The van der Waals surface area contributed by atoms with Crippen LogP contribution in [0.4, 0.5) is 5.69 Å². The molecule has 0 bridgehead atoms. The summed E-state index contributed by atoms with van der Waals surface area (Å²) >= 11 is 0. The van der Waals surface area contributed by atoms with Gasteiger partial charge in [0, 0.05) is 17.9 Å². The number of benzene rings is 1. The summed E-state index contributed by atoms with van der Waals surface area (Å²) in [5, 5.41) is 2.95. The molecule has 1 aliphatic rings. The van der Waals surface area contributed by atoms with Crippen LogP contribution in [0.5, 0.6) is 11.5 Å². The van der Waals surface area contributed by atoms with Crippen molar-refractivity contribution in [1.29, 1.82) is 0 Å². The van der Waals surface area contributed by atoms with Gasteiger partial charge in [0.05, 0.1) is 33.0 Å². The Morgan fingerprint density at radius 3 is 2.50 bits per heavy atom. The number of carbonyl (C=O) groups is 1. The number of piperidine rings is 1. The van der Waals surface area contributed by atoms with Gasteiger partial charge in [0.25, 0.3) is 5.91 Å². The Balaban J connectivity index is 1.97. The monoisotopic (exact) mass is 307 g/mol. The molecule has 22 heavy (non-hydrogen) atoms. The van der Waals surface area contributed by atoms with Gasteiger partial charge in [-0.25, -0.2) is 0 Å². The highest BCUT2D eigenvalue weighted by atomic mass is 16.5. The molecule has 0 saturated carbocycles. The lowest BCUT2D eigenvalue weighted by Crippen LogP contribution is -3.15. The minimum Gasteiger partial charge on any atom is -0.497 e. The molecule has 1 aromatic carbocycles. The zero-order chi connectivity index (χ0) is 16.1. The predicted octanol–water partition coefficient (Wildman–Crippen LogP) is 1.20. The summed E-state index contributed by atoms with van der Waals surface area (Å²) in [6.45, 7) is 7.17. The number of nitrogens with one attached hydrogen (secondary N) is 2. The molecular formula is C17H27N2O3+. The first kappa shape index (κ1) is 16.6. The van der Waals surface area contributed by atoms with Crippen LogP contribution in [-0.2, 0) is 4.79 Å². The van der Waals surface area contributed by atoms with Gasteiger partial charge in [-0.05, 0) is 18.6 Å². The van der Waals surface area contributed by atoms with E-state index in [4.69, 9.17) is 9.47 Å². The van der Waals surface area contributed by atoms with Crippen LogP contribution < -0.4 is 19.7 Å². The van der Waals surface area contributed by atoms with Gasteiger partial charge in [-0.2, -0.15) is 0 Å². The van der Waals surface area contributed by atoms with E-state index in [1.165, 1.54) is 11.3 Å². The molecule has 5 heteroatoms. The van der Waals surface area contributed by atoms with Crippen LogP contribution in [-0.4, -0.2) is 39.8 Å². The van der Waals surface area contributed by atoms with E-state index in [0.29, 0.717) is 35.6 Å². The molecule has 0 unspecified atom stereocenters. The normalized spacial score (nSPS) is 24.6. The standard InChI is InChI=1S/C17H26N2O3/c1-12-7-13(2)10-19(9-12)11-17(20)18-15-6-5-14(21-3)8-16(15)22-4/h5-6,8,12-13H,7,9-11H2,1-4H3,(H,18,20)/p+1/t12-,13-/m1/s1. The third-order valence-corrected chi connectivity index (χ3v) is 4.17. The quantitative estimate of drug-likeness (QED) is 0.859.